The predicted octanol–water partition coefficient (Wildman–Crippen LogP) is 0.0222. The minimum atomic E-state index is -4.13. The van der Waals surface area contributed by atoms with E-state index in [-0.39, 0.29) is 16.8 Å². The Morgan fingerprint density at radius 3 is 1.75 bits per heavy atom. The molecule has 0 aromatic carbocycles. The second-order valence-electron chi connectivity index (χ2n) is 2.76. The molecule has 11 heteroatoms. The van der Waals surface area contributed by atoms with Crippen LogP contribution in [0.25, 0.3) is 0 Å². The number of alkyl halides is 1. The monoisotopic (exact) mass is 312 g/mol. The summed E-state index contributed by atoms with van der Waals surface area (Å²) in [5.74, 6) is -0.191. The minimum absolute atomic E-state index is 0.0493. The van der Waals surface area contributed by atoms with Crippen molar-refractivity contribution < 1.29 is 21.6 Å². The van der Waals surface area contributed by atoms with Gasteiger partial charge in [-0.15, -0.1) is 16.0 Å². The first-order valence-corrected chi connectivity index (χ1v) is 8.36. The third kappa shape index (κ3) is 4.42. The molecule has 0 atom stereocenters. The summed E-state index contributed by atoms with van der Waals surface area (Å²) >= 11 is 10.3. The quantitative estimate of drug-likeness (QED) is 0.309. The van der Waals surface area contributed by atoms with Crippen LogP contribution in [0.3, 0.4) is 0 Å². The van der Waals surface area contributed by atoms with E-state index in [0.29, 0.717) is 10.7 Å². The molecule has 1 amide bonds. The standard InChI is InChI=1S/C5H10Cl2N2O5S2/c1-15(11,12)8(4-3-6)9(5(7)10)16(2,13)14/h3-4H2,1-2H3. The lowest BCUT2D eigenvalue weighted by molar-refractivity contribution is 0.185. The highest BCUT2D eigenvalue weighted by Gasteiger charge is 2.34. The van der Waals surface area contributed by atoms with Crippen LogP contribution in [0.2, 0.25) is 0 Å². The van der Waals surface area contributed by atoms with E-state index in [9.17, 15) is 21.6 Å². The Labute approximate surface area is 104 Å². The lowest BCUT2D eigenvalue weighted by Gasteiger charge is -2.28. The van der Waals surface area contributed by atoms with E-state index in [1.54, 1.807) is 0 Å². The summed E-state index contributed by atoms with van der Waals surface area (Å²) in [5.41, 5.74) is 0. The Bertz CT molecular complexity index is 459. The van der Waals surface area contributed by atoms with Crippen LogP contribution in [0.15, 0.2) is 0 Å². The summed E-state index contributed by atoms with van der Waals surface area (Å²) in [6.45, 7) is -0.383. The fourth-order valence-corrected chi connectivity index (χ4v) is 3.79. The molecule has 0 aliphatic carbocycles. The van der Waals surface area contributed by atoms with Gasteiger partial charge < -0.3 is 0 Å². The van der Waals surface area contributed by atoms with Crippen molar-refractivity contribution in [1.29, 1.82) is 0 Å². The zero-order chi connectivity index (χ0) is 13.1. The average molecular weight is 313 g/mol. The molecule has 0 spiro atoms. The Morgan fingerprint density at radius 1 is 1.12 bits per heavy atom. The number of nitrogens with zero attached hydrogens (tertiary/aromatic N) is 2. The van der Waals surface area contributed by atoms with E-state index in [1.807, 2.05) is 0 Å². The number of carbonyl (C=O) groups is 1. The number of halogens is 2. The lowest BCUT2D eigenvalue weighted by atomic mass is 10.8. The van der Waals surface area contributed by atoms with Gasteiger partial charge in [-0.3, -0.25) is 4.79 Å². The first kappa shape index (κ1) is 15.9. The van der Waals surface area contributed by atoms with Gasteiger partial charge in [0, 0.05) is 12.4 Å². The van der Waals surface area contributed by atoms with Gasteiger partial charge >= 0.3 is 5.37 Å². The third-order valence-electron chi connectivity index (χ3n) is 1.33. The van der Waals surface area contributed by atoms with E-state index >= 15 is 0 Å². The first-order chi connectivity index (χ1) is 7.01. The predicted molar refractivity (Wildman–Crippen MR) is 60.2 cm³/mol. The normalized spacial score (nSPS) is 12.8. The number of rotatable bonds is 5. The maximum atomic E-state index is 11.3. The van der Waals surface area contributed by atoms with Gasteiger partial charge in [0.1, 0.15) is 0 Å². The van der Waals surface area contributed by atoms with Crippen molar-refractivity contribution in [3.8, 4) is 0 Å². The van der Waals surface area contributed by atoms with Crippen LogP contribution in [-0.2, 0) is 20.0 Å². The van der Waals surface area contributed by atoms with Gasteiger partial charge in [0.25, 0.3) is 0 Å². The molecule has 0 aromatic heterocycles. The van der Waals surface area contributed by atoms with Crippen molar-refractivity contribution in [3.63, 3.8) is 0 Å². The second-order valence-corrected chi connectivity index (χ2v) is 7.16. The molecular weight excluding hydrogens is 303 g/mol. The number of carbonyl (C=O) groups excluding carboxylic acids is 1. The Kier molecular flexibility index (Phi) is 5.47. The molecule has 0 rings (SSSR count). The van der Waals surface area contributed by atoms with Gasteiger partial charge in [-0.05, 0) is 11.6 Å². The van der Waals surface area contributed by atoms with Gasteiger partial charge in [-0.2, -0.15) is 0 Å². The lowest BCUT2D eigenvalue weighted by Crippen LogP contribution is -2.50. The molecule has 0 aromatic rings. The van der Waals surface area contributed by atoms with E-state index in [2.05, 4.69) is 0 Å². The largest absolute Gasteiger partial charge is 0.345 e. The summed E-state index contributed by atoms with van der Waals surface area (Å²) in [7, 11) is -8.09. The molecule has 0 saturated carbocycles. The smallest absolute Gasteiger partial charge is 0.253 e. The van der Waals surface area contributed by atoms with Gasteiger partial charge in [0.2, 0.25) is 20.0 Å². The summed E-state index contributed by atoms with van der Waals surface area (Å²) < 4.78 is 45.2. The highest BCUT2D eigenvalue weighted by Crippen LogP contribution is 2.13. The molecule has 0 fully saturated rings. The molecule has 0 aliphatic rings. The molecule has 0 heterocycles. The van der Waals surface area contributed by atoms with E-state index in [1.165, 1.54) is 0 Å². The van der Waals surface area contributed by atoms with Gasteiger partial charge in [0.15, 0.2) is 0 Å². The van der Waals surface area contributed by atoms with Crippen molar-refractivity contribution in [1.82, 2.24) is 8.83 Å². The minimum Gasteiger partial charge on any atom is -0.253 e. The maximum absolute atomic E-state index is 11.3. The van der Waals surface area contributed by atoms with Crippen LogP contribution in [0.4, 0.5) is 4.79 Å². The highest BCUT2D eigenvalue weighted by molar-refractivity contribution is 7.91. The zero-order valence-electron chi connectivity index (χ0n) is 8.42. The van der Waals surface area contributed by atoms with E-state index < -0.39 is 25.4 Å². The fourth-order valence-electron chi connectivity index (χ4n) is 0.847. The molecule has 0 saturated heterocycles. The number of amides is 1. The van der Waals surface area contributed by atoms with Crippen LogP contribution in [0, 0.1) is 0 Å². The van der Waals surface area contributed by atoms with Crippen molar-refractivity contribution >= 4 is 48.6 Å². The zero-order valence-corrected chi connectivity index (χ0v) is 11.6. The second kappa shape index (κ2) is 5.50. The SMILES string of the molecule is CS(=O)(=O)N(CCCl)N(C(=O)Cl)S(C)(=O)=O. The molecule has 16 heavy (non-hydrogen) atoms. The summed E-state index contributed by atoms with van der Waals surface area (Å²) in [6, 6.07) is 0. The number of sulfonamides is 2. The third-order valence-corrected chi connectivity index (χ3v) is 3.96. The van der Waals surface area contributed by atoms with Crippen molar-refractivity contribution in [2.75, 3.05) is 24.9 Å². The molecule has 0 aliphatic heterocycles. The van der Waals surface area contributed by atoms with Crippen LogP contribution in [0.1, 0.15) is 0 Å². The number of hydrogen-bond donors (Lipinski definition) is 0. The van der Waals surface area contributed by atoms with Crippen LogP contribution >= 0.6 is 23.2 Å². The van der Waals surface area contributed by atoms with Crippen LogP contribution in [0.5, 0.6) is 0 Å². The first-order valence-electron chi connectivity index (χ1n) is 3.75. The van der Waals surface area contributed by atoms with Crippen molar-refractivity contribution in [3.05, 3.63) is 0 Å². The number of hydrogen-bond acceptors (Lipinski definition) is 5. The molecule has 0 N–H and O–H groups in total. The van der Waals surface area contributed by atoms with E-state index in [0.717, 1.165) is 6.26 Å². The van der Waals surface area contributed by atoms with Gasteiger partial charge in [0.05, 0.1) is 12.5 Å². The molecular formula is C5H10Cl2N2O5S2. The fraction of sp³-hybridized carbons (Fsp3) is 0.800. The van der Waals surface area contributed by atoms with Crippen LogP contribution < -0.4 is 0 Å². The van der Waals surface area contributed by atoms with Crippen LogP contribution in [-0.4, -0.2) is 56.0 Å². The number of hydrazine groups is 1. The average Bonchev–Trinajstić information content (AvgIpc) is 1.98. The maximum Gasteiger partial charge on any atom is 0.345 e. The Morgan fingerprint density at radius 2 is 1.56 bits per heavy atom. The molecule has 0 radical (unpaired) electrons. The van der Waals surface area contributed by atoms with Gasteiger partial charge in [-0.1, -0.05) is 4.41 Å². The molecule has 7 nitrogen and oxygen atoms in total. The summed E-state index contributed by atoms with van der Waals surface area (Å²) in [6.07, 6.45) is 1.39. The summed E-state index contributed by atoms with van der Waals surface area (Å²) in [4.78, 5) is 10.9. The summed E-state index contributed by atoms with van der Waals surface area (Å²) in [5, 5.41) is -1.45. The van der Waals surface area contributed by atoms with Crippen molar-refractivity contribution in [2.45, 2.75) is 0 Å². The topological polar surface area (TPSA) is 91.8 Å². The molecule has 96 valence electrons. The highest BCUT2D eigenvalue weighted by atomic mass is 35.5. The van der Waals surface area contributed by atoms with Crippen molar-refractivity contribution in [2.24, 2.45) is 0 Å². The molecule has 0 bridgehead atoms. The Balaban J connectivity index is 5.56. The molecule has 0 unspecified atom stereocenters. The van der Waals surface area contributed by atoms with E-state index in [4.69, 9.17) is 23.2 Å². The van der Waals surface area contributed by atoms with Gasteiger partial charge in [-0.25, -0.2) is 16.8 Å². The Hall–Kier alpha value is -0.0900.